The lowest BCUT2D eigenvalue weighted by Gasteiger charge is -2.21. The third-order valence-electron chi connectivity index (χ3n) is 2.50. The van der Waals surface area contributed by atoms with Gasteiger partial charge in [-0.3, -0.25) is 0 Å². The highest BCUT2D eigenvalue weighted by Gasteiger charge is 2.39. The number of aliphatic hydroxyl groups is 1. The van der Waals surface area contributed by atoms with Gasteiger partial charge in [-0.1, -0.05) is 6.07 Å². The second-order valence-corrected chi connectivity index (χ2v) is 4.10. The smallest absolute Gasteiger partial charge is 0.387 e. The van der Waals surface area contributed by atoms with Crippen LogP contribution in [0.2, 0.25) is 0 Å². The van der Waals surface area contributed by atoms with Crippen LogP contribution in [-0.2, 0) is 12.4 Å². The van der Waals surface area contributed by atoms with Crippen molar-refractivity contribution in [1.82, 2.24) is 0 Å². The Bertz CT molecular complexity index is 451. The summed E-state index contributed by atoms with van der Waals surface area (Å²) in [5, 5.41) is 9.53. The fraction of sp³-hybridized carbons (Fsp3) is 0.455. The quantitative estimate of drug-likeness (QED) is 0.821. The fourth-order valence-corrected chi connectivity index (χ4v) is 1.52. The minimum absolute atomic E-state index is 0.0269. The molecule has 0 aliphatic heterocycles. The third kappa shape index (κ3) is 3.60. The van der Waals surface area contributed by atoms with Crippen molar-refractivity contribution in [3.05, 3.63) is 34.9 Å². The van der Waals surface area contributed by atoms with Crippen LogP contribution in [0.25, 0.3) is 0 Å². The number of aliphatic hydroxyl groups excluding tert-OH is 1. The summed E-state index contributed by atoms with van der Waals surface area (Å²) in [5.74, 6) is 0. The Morgan fingerprint density at radius 2 is 1.58 bits per heavy atom. The van der Waals surface area contributed by atoms with Gasteiger partial charge in [0.1, 0.15) is 0 Å². The lowest BCUT2D eigenvalue weighted by Crippen LogP contribution is -2.27. The van der Waals surface area contributed by atoms with Crippen molar-refractivity contribution in [3.8, 4) is 0 Å². The maximum atomic E-state index is 12.7. The zero-order valence-corrected chi connectivity index (χ0v) is 9.68. The van der Waals surface area contributed by atoms with E-state index >= 15 is 0 Å². The van der Waals surface area contributed by atoms with Crippen LogP contribution >= 0.6 is 0 Å². The van der Waals surface area contributed by atoms with Crippen LogP contribution in [0.5, 0.6) is 0 Å². The number of hydrogen-bond donors (Lipinski definition) is 2. The highest BCUT2D eigenvalue weighted by molar-refractivity contribution is 5.37. The standard InChI is InChI=1S/C11H11F6NO/c1-5(18)9(19)7-3-2-6(10(12,13)14)4-8(7)11(15,16)17/h2-5,9,19H,18H2,1H3/t5-,9-/m0/s1. The summed E-state index contributed by atoms with van der Waals surface area (Å²) in [5.41, 5.74) is 1.63. The highest BCUT2D eigenvalue weighted by atomic mass is 19.4. The van der Waals surface area contributed by atoms with E-state index in [0.717, 1.165) is 0 Å². The predicted molar refractivity (Wildman–Crippen MR) is 55.1 cm³/mol. The largest absolute Gasteiger partial charge is 0.416 e. The maximum absolute atomic E-state index is 12.7. The van der Waals surface area contributed by atoms with E-state index in [0.29, 0.717) is 12.1 Å². The van der Waals surface area contributed by atoms with E-state index in [9.17, 15) is 31.4 Å². The molecule has 8 heteroatoms. The van der Waals surface area contributed by atoms with E-state index in [1.54, 1.807) is 0 Å². The van der Waals surface area contributed by atoms with Crippen LogP contribution in [0.4, 0.5) is 26.3 Å². The summed E-state index contributed by atoms with van der Waals surface area (Å²) in [6.45, 7) is 1.25. The molecule has 0 aromatic heterocycles. The lowest BCUT2D eigenvalue weighted by atomic mass is 9.96. The topological polar surface area (TPSA) is 46.2 Å². The molecule has 0 amide bonds. The van der Waals surface area contributed by atoms with Crippen molar-refractivity contribution < 1.29 is 31.4 Å². The Morgan fingerprint density at radius 1 is 1.05 bits per heavy atom. The highest BCUT2D eigenvalue weighted by Crippen LogP contribution is 2.39. The van der Waals surface area contributed by atoms with E-state index in [1.807, 2.05) is 0 Å². The van der Waals surface area contributed by atoms with Gasteiger partial charge in [0.15, 0.2) is 0 Å². The summed E-state index contributed by atoms with van der Waals surface area (Å²) >= 11 is 0. The van der Waals surface area contributed by atoms with E-state index in [-0.39, 0.29) is 6.07 Å². The van der Waals surface area contributed by atoms with Crippen molar-refractivity contribution in [3.63, 3.8) is 0 Å². The Hall–Kier alpha value is -1.28. The molecule has 0 aliphatic carbocycles. The first-order chi connectivity index (χ1) is 8.44. The number of rotatable bonds is 2. The lowest BCUT2D eigenvalue weighted by molar-refractivity contribution is -0.144. The number of hydrogen-bond acceptors (Lipinski definition) is 2. The van der Waals surface area contributed by atoms with Crippen molar-refractivity contribution in [2.24, 2.45) is 5.73 Å². The second-order valence-electron chi connectivity index (χ2n) is 4.10. The summed E-state index contributed by atoms with van der Waals surface area (Å²) < 4.78 is 75.3. The van der Waals surface area contributed by atoms with Gasteiger partial charge in [-0.25, -0.2) is 0 Å². The van der Waals surface area contributed by atoms with E-state index in [2.05, 4.69) is 0 Å². The zero-order valence-electron chi connectivity index (χ0n) is 9.68. The Labute approximate surface area is 104 Å². The minimum Gasteiger partial charge on any atom is -0.387 e. The molecule has 1 aromatic rings. The van der Waals surface area contributed by atoms with Gasteiger partial charge < -0.3 is 10.8 Å². The minimum atomic E-state index is -5.01. The van der Waals surface area contributed by atoms with Crippen molar-refractivity contribution in [2.45, 2.75) is 31.4 Å². The molecule has 108 valence electrons. The normalized spacial score (nSPS) is 16.3. The third-order valence-corrected chi connectivity index (χ3v) is 2.50. The van der Waals surface area contributed by atoms with Crippen LogP contribution in [0.3, 0.4) is 0 Å². The summed E-state index contributed by atoms with van der Waals surface area (Å²) in [6, 6.07) is 0.00869. The Morgan fingerprint density at radius 3 is 1.95 bits per heavy atom. The molecule has 0 saturated heterocycles. The first-order valence-electron chi connectivity index (χ1n) is 5.16. The fourth-order valence-electron chi connectivity index (χ4n) is 1.52. The predicted octanol–water partition coefficient (Wildman–Crippen LogP) is 3.10. The van der Waals surface area contributed by atoms with Crippen molar-refractivity contribution in [1.29, 1.82) is 0 Å². The van der Waals surface area contributed by atoms with Crippen LogP contribution < -0.4 is 5.73 Å². The van der Waals surface area contributed by atoms with Gasteiger partial charge in [-0.15, -0.1) is 0 Å². The van der Waals surface area contributed by atoms with E-state index < -0.39 is 41.2 Å². The molecule has 0 radical (unpaired) electrons. The van der Waals surface area contributed by atoms with Gasteiger partial charge in [0, 0.05) is 6.04 Å². The molecule has 0 saturated carbocycles. The molecule has 1 rings (SSSR count). The molecule has 2 atom stereocenters. The number of alkyl halides is 6. The molecular weight excluding hydrogens is 276 g/mol. The van der Waals surface area contributed by atoms with Gasteiger partial charge in [-0.05, 0) is 24.6 Å². The van der Waals surface area contributed by atoms with Crippen LogP contribution in [0, 0.1) is 0 Å². The molecule has 2 nitrogen and oxygen atoms in total. The second kappa shape index (κ2) is 5.01. The average Bonchev–Trinajstić information content (AvgIpc) is 2.24. The van der Waals surface area contributed by atoms with Crippen LogP contribution in [0.1, 0.15) is 29.7 Å². The molecule has 3 N–H and O–H groups in total. The number of nitrogens with two attached hydrogens (primary N) is 1. The maximum Gasteiger partial charge on any atom is 0.416 e. The van der Waals surface area contributed by atoms with Crippen LogP contribution in [0.15, 0.2) is 18.2 Å². The van der Waals surface area contributed by atoms with Gasteiger partial charge in [-0.2, -0.15) is 26.3 Å². The zero-order chi connectivity index (χ0) is 15.0. The molecule has 0 aliphatic rings. The van der Waals surface area contributed by atoms with Gasteiger partial charge in [0.2, 0.25) is 0 Å². The molecular formula is C11H11F6NO. The number of benzene rings is 1. The summed E-state index contributed by atoms with van der Waals surface area (Å²) in [6.07, 6.45) is -11.6. The molecule has 19 heavy (non-hydrogen) atoms. The summed E-state index contributed by atoms with van der Waals surface area (Å²) in [4.78, 5) is 0. The molecule has 0 bridgehead atoms. The van der Waals surface area contributed by atoms with Gasteiger partial charge in [0.05, 0.1) is 17.2 Å². The Kier molecular flexibility index (Phi) is 4.16. The molecule has 1 aromatic carbocycles. The molecule has 0 spiro atoms. The van der Waals surface area contributed by atoms with E-state index in [1.165, 1.54) is 6.92 Å². The SMILES string of the molecule is C[C@H](N)[C@H](O)c1ccc(C(F)(F)F)cc1C(F)(F)F. The Balaban J connectivity index is 3.42. The van der Waals surface area contributed by atoms with E-state index in [4.69, 9.17) is 5.73 Å². The monoisotopic (exact) mass is 287 g/mol. The van der Waals surface area contributed by atoms with Crippen LogP contribution in [-0.4, -0.2) is 11.1 Å². The molecule has 0 fully saturated rings. The average molecular weight is 287 g/mol. The van der Waals surface area contributed by atoms with Gasteiger partial charge in [0.25, 0.3) is 0 Å². The van der Waals surface area contributed by atoms with Crippen molar-refractivity contribution >= 4 is 0 Å². The van der Waals surface area contributed by atoms with Crippen molar-refractivity contribution in [2.75, 3.05) is 0 Å². The first-order valence-corrected chi connectivity index (χ1v) is 5.16. The molecule has 0 unspecified atom stereocenters. The molecule has 0 heterocycles. The summed E-state index contributed by atoms with van der Waals surface area (Å²) in [7, 11) is 0. The first kappa shape index (κ1) is 15.8. The van der Waals surface area contributed by atoms with Gasteiger partial charge >= 0.3 is 12.4 Å². The number of halogens is 6.